The Hall–Kier alpha value is -1.63. The van der Waals surface area contributed by atoms with Gasteiger partial charge in [-0.1, -0.05) is 0 Å². The minimum absolute atomic E-state index is 0.0988. The van der Waals surface area contributed by atoms with Crippen LogP contribution in [0.25, 0.3) is 0 Å². The van der Waals surface area contributed by atoms with E-state index in [4.69, 9.17) is 5.11 Å². The minimum Gasteiger partial charge on any atom is -0.481 e. The van der Waals surface area contributed by atoms with E-state index in [-0.39, 0.29) is 18.4 Å². The first-order valence-electron chi connectivity index (χ1n) is 5.27. The van der Waals surface area contributed by atoms with Gasteiger partial charge in [0.25, 0.3) is 0 Å². The molecule has 17 heavy (non-hydrogen) atoms. The molecular weight excluding hydrogens is 242 g/mol. The van der Waals surface area contributed by atoms with E-state index >= 15 is 0 Å². The van der Waals surface area contributed by atoms with Crippen molar-refractivity contribution in [2.24, 2.45) is 5.92 Å². The monoisotopic (exact) mass is 255 g/mol. The second-order valence-corrected chi connectivity index (χ2v) is 4.97. The van der Waals surface area contributed by atoms with Gasteiger partial charge in [-0.05, 0) is 0 Å². The third-order valence-electron chi connectivity index (χ3n) is 2.60. The first-order valence-corrected chi connectivity index (χ1v) is 6.15. The van der Waals surface area contributed by atoms with Crippen LogP contribution in [0, 0.1) is 5.92 Å². The van der Waals surface area contributed by atoms with Gasteiger partial charge < -0.3 is 15.3 Å². The highest BCUT2D eigenvalue weighted by atomic mass is 32.1. The first-order chi connectivity index (χ1) is 8.15. The number of aliphatic carboxylic acids is 1. The maximum absolute atomic E-state index is 11.6. The van der Waals surface area contributed by atoms with Gasteiger partial charge in [-0.3, -0.25) is 9.78 Å². The number of carboxylic acid groups (broad SMARTS) is 1. The smallest absolute Gasteiger partial charge is 0.317 e. The third kappa shape index (κ3) is 3.16. The number of hydrogen-bond acceptors (Lipinski definition) is 4. The molecule has 2 heterocycles. The molecule has 1 aromatic rings. The zero-order valence-corrected chi connectivity index (χ0v) is 9.94. The summed E-state index contributed by atoms with van der Waals surface area (Å²) in [5.41, 5.74) is 1.72. The van der Waals surface area contributed by atoms with E-state index in [9.17, 15) is 9.59 Å². The van der Waals surface area contributed by atoms with Gasteiger partial charge >= 0.3 is 12.0 Å². The molecule has 1 aliphatic rings. The number of hydrogen-bond donors (Lipinski definition) is 2. The summed E-state index contributed by atoms with van der Waals surface area (Å²) in [4.78, 5) is 28.6. The van der Waals surface area contributed by atoms with E-state index in [1.165, 1.54) is 11.3 Å². The highest BCUT2D eigenvalue weighted by Crippen LogP contribution is 2.18. The molecule has 0 unspecified atom stereocenters. The number of carbonyl (C=O) groups excluding carboxylic acids is 1. The van der Waals surface area contributed by atoms with Crippen molar-refractivity contribution >= 4 is 23.3 Å². The molecule has 0 radical (unpaired) electrons. The quantitative estimate of drug-likeness (QED) is 0.832. The molecule has 7 heteroatoms. The number of likely N-dealkylation sites (tertiary alicyclic amines) is 1. The number of amides is 2. The number of carbonyl (C=O) groups is 2. The van der Waals surface area contributed by atoms with E-state index in [1.807, 2.05) is 0 Å². The summed E-state index contributed by atoms with van der Waals surface area (Å²) >= 11 is 1.49. The Morgan fingerprint density at radius 2 is 2.35 bits per heavy atom. The van der Waals surface area contributed by atoms with Gasteiger partial charge in [-0.15, -0.1) is 11.3 Å². The lowest BCUT2D eigenvalue weighted by Gasteiger charge is -2.38. The molecule has 2 N–H and O–H groups in total. The van der Waals surface area contributed by atoms with Crippen molar-refractivity contribution in [3.63, 3.8) is 0 Å². The fourth-order valence-electron chi connectivity index (χ4n) is 1.72. The topological polar surface area (TPSA) is 82.5 Å². The number of urea groups is 1. The number of nitrogens with zero attached hydrogens (tertiary/aromatic N) is 2. The average Bonchev–Trinajstić information content (AvgIpc) is 2.71. The van der Waals surface area contributed by atoms with Crippen LogP contribution in [0.2, 0.25) is 0 Å². The van der Waals surface area contributed by atoms with E-state index in [1.54, 1.807) is 16.6 Å². The van der Waals surface area contributed by atoms with Crippen LogP contribution >= 0.6 is 11.3 Å². The Kier molecular flexibility index (Phi) is 3.58. The minimum atomic E-state index is -0.806. The summed E-state index contributed by atoms with van der Waals surface area (Å²) in [5, 5.41) is 11.3. The fraction of sp³-hybridized carbons (Fsp3) is 0.500. The highest BCUT2D eigenvalue weighted by molar-refractivity contribution is 7.09. The summed E-state index contributed by atoms with van der Waals surface area (Å²) in [7, 11) is 0. The van der Waals surface area contributed by atoms with E-state index < -0.39 is 5.97 Å². The molecule has 1 aromatic heterocycles. The largest absolute Gasteiger partial charge is 0.481 e. The van der Waals surface area contributed by atoms with Crippen molar-refractivity contribution in [2.45, 2.75) is 13.0 Å². The number of carboxylic acids is 1. The van der Waals surface area contributed by atoms with Gasteiger partial charge in [-0.25, -0.2) is 4.79 Å². The lowest BCUT2D eigenvalue weighted by molar-refractivity contribution is -0.139. The van der Waals surface area contributed by atoms with Crippen LogP contribution in [0.1, 0.15) is 11.3 Å². The molecule has 0 aliphatic carbocycles. The normalized spacial score (nSPS) is 15.4. The summed E-state index contributed by atoms with van der Waals surface area (Å²) in [6.07, 6.45) is 1.85. The van der Waals surface area contributed by atoms with Crippen LogP contribution in [-0.4, -0.2) is 40.1 Å². The molecule has 0 spiro atoms. The first kappa shape index (κ1) is 11.8. The van der Waals surface area contributed by atoms with Gasteiger partial charge in [0.2, 0.25) is 0 Å². The second kappa shape index (κ2) is 5.13. The molecule has 92 valence electrons. The van der Waals surface area contributed by atoms with E-state index in [2.05, 4.69) is 10.3 Å². The molecule has 2 rings (SSSR count). The summed E-state index contributed by atoms with van der Waals surface area (Å²) < 4.78 is 0. The highest BCUT2D eigenvalue weighted by Gasteiger charge is 2.31. The number of rotatable bonds is 4. The van der Waals surface area contributed by atoms with Gasteiger partial charge in [0.15, 0.2) is 0 Å². The summed E-state index contributed by atoms with van der Waals surface area (Å²) in [6.45, 7) is 1.53. The van der Waals surface area contributed by atoms with Crippen molar-refractivity contribution in [1.82, 2.24) is 15.2 Å². The molecule has 1 saturated heterocycles. The lowest BCUT2D eigenvalue weighted by Crippen LogP contribution is -2.54. The summed E-state index contributed by atoms with van der Waals surface area (Å²) in [6, 6.07) is -0.139. The number of thiazole rings is 1. The van der Waals surface area contributed by atoms with Crippen molar-refractivity contribution in [3.05, 3.63) is 16.6 Å². The molecule has 0 aromatic carbocycles. The zero-order valence-electron chi connectivity index (χ0n) is 9.13. The summed E-state index contributed by atoms with van der Waals surface area (Å²) in [5.74, 6) is -0.707. The zero-order chi connectivity index (χ0) is 12.3. The van der Waals surface area contributed by atoms with Crippen molar-refractivity contribution in [3.8, 4) is 0 Å². The Bertz CT molecular complexity index is 401. The number of nitrogens with one attached hydrogen (secondary N) is 1. The van der Waals surface area contributed by atoms with Crippen LogP contribution in [0.4, 0.5) is 4.79 Å². The van der Waals surface area contributed by atoms with Crippen LogP contribution in [-0.2, 0) is 11.3 Å². The maximum Gasteiger partial charge on any atom is 0.317 e. The Morgan fingerprint density at radius 1 is 1.59 bits per heavy atom. The van der Waals surface area contributed by atoms with Crippen molar-refractivity contribution < 1.29 is 14.7 Å². The van der Waals surface area contributed by atoms with Crippen LogP contribution in [0.5, 0.6) is 0 Å². The van der Waals surface area contributed by atoms with E-state index in [0.29, 0.717) is 19.6 Å². The Balaban J connectivity index is 1.67. The fourth-order valence-corrected chi connectivity index (χ4v) is 2.25. The van der Waals surface area contributed by atoms with Crippen molar-refractivity contribution in [2.75, 3.05) is 13.1 Å². The van der Waals surface area contributed by atoms with Gasteiger partial charge in [0.1, 0.15) is 0 Å². The average molecular weight is 255 g/mol. The second-order valence-electron chi connectivity index (χ2n) is 4.00. The maximum atomic E-state index is 11.6. The van der Waals surface area contributed by atoms with Crippen molar-refractivity contribution in [1.29, 1.82) is 0 Å². The Labute approximate surface area is 102 Å². The van der Waals surface area contributed by atoms with Gasteiger partial charge in [-0.2, -0.15) is 0 Å². The third-order valence-corrected chi connectivity index (χ3v) is 3.38. The molecule has 1 aliphatic heterocycles. The molecular formula is C10H13N3O3S. The Morgan fingerprint density at radius 3 is 2.94 bits per heavy atom. The number of aromatic nitrogens is 1. The standard InChI is InChI=1S/C10H13N3O3S/c14-9(15)1-7-4-13(5-7)10(16)12-3-8-2-11-6-17-8/h2,6-7H,1,3-5H2,(H,12,16)(H,14,15). The van der Waals surface area contributed by atoms with Gasteiger partial charge in [0.05, 0.1) is 18.5 Å². The lowest BCUT2D eigenvalue weighted by atomic mass is 9.97. The molecule has 6 nitrogen and oxygen atoms in total. The SMILES string of the molecule is O=C(O)CC1CN(C(=O)NCc2cncs2)C1. The molecule has 0 atom stereocenters. The molecule has 0 bridgehead atoms. The molecule has 2 amide bonds. The predicted octanol–water partition coefficient (Wildman–Crippen LogP) is 0.759. The van der Waals surface area contributed by atoms with Crippen LogP contribution in [0.15, 0.2) is 11.7 Å². The van der Waals surface area contributed by atoms with Gasteiger partial charge in [0, 0.05) is 30.1 Å². The van der Waals surface area contributed by atoms with Crippen LogP contribution < -0.4 is 5.32 Å². The van der Waals surface area contributed by atoms with Crippen LogP contribution in [0.3, 0.4) is 0 Å². The predicted molar refractivity (Wildman–Crippen MR) is 61.7 cm³/mol. The molecule has 1 fully saturated rings. The molecule has 0 saturated carbocycles. The van der Waals surface area contributed by atoms with E-state index in [0.717, 1.165) is 4.88 Å².